The summed E-state index contributed by atoms with van der Waals surface area (Å²) in [5.74, 6) is -0.330. The van der Waals surface area contributed by atoms with Gasteiger partial charge in [0, 0.05) is 29.1 Å². The van der Waals surface area contributed by atoms with Crippen molar-refractivity contribution in [3.8, 4) is 0 Å². The van der Waals surface area contributed by atoms with Crippen LogP contribution < -0.4 is 10.0 Å². The number of benzene rings is 3. The monoisotopic (exact) mass is 411 g/mol. The number of non-ortho nitro benzene ring substituents is 1. The minimum absolute atomic E-state index is 0.226. The zero-order valence-corrected chi connectivity index (χ0v) is 16.1. The molecule has 148 valence electrons. The molecule has 0 saturated carbocycles. The molecular weight excluding hydrogens is 394 g/mol. The highest BCUT2D eigenvalue weighted by molar-refractivity contribution is 7.92. The second-order valence-electron chi connectivity index (χ2n) is 6.26. The van der Waals surface area contributed by atoms with Crippen molar-refractivity contribution in [1.29, 1.82) is 0 Å². The topological polar surface area (TPSA) is 118 Å². The first kappa shape index (κ1) is 20.0. The Morgan fingerprint density at radius 3 is 2.28 bits per heavy atom. The van der Waals surface area contributed by atoms with E-state index in [1.54, 1.807) is 6.07 Å². The third-order valence-electron chi connectivity index (χ3n) is 4.01. The summed E-state index contributed by atoms with van der Waals surface area (Å²) < 4.78 is 27.3. The Kier molecular flexibility index (Phi) is 5.60. The Balaban J connectivity index is 1.73. The van der Waals surface area contributed by atoms with Crippen molar-refractivity contribution in [2.45, 2.75) is 11.8 Å². The van der Waals surface area contributed by atoms with E-state index in [1.165, 1.54) is 42.5 Å². The number of rotatable bonds is 6. The van der Waals surface area contributed by atoms with Crippen LogP contribution in [0.4, 0.5) is 17.1 Å². The lowest BCUT2D eigenvalue weighted by molar-refractivity contribution is -0.385. The molecule has 0 bridgehead atoms. The van der Waals surface area contributed by atoms with Crippen molar-refractivity contribution in [2.75, 3.05) is 10.0 Å². The number of carbonyl (C=O) groups excluding carboxylic acids is 1. The lowest BCUT2D eigenvalue weighted by Gasteiger charge is -2.09. The predicted molar refractivity (Wildman–Crippen MR) is 109 cm³/mol. The van der Waals surface area contributed by atoms with Gasteiger partial charge in [-0.25, -0.2) is 8.42 Å². The van der Waals surface area contributed by atoms with Gasteiger partial charge in [-0.3, -0.25) is 19.6 Å². The predicted octanol–water partition coefficient (Wildman–Crippen LogP) is 3.96. The second-order valence-corrected chi connectivity index (χ2v) is 7.94. The Morgan fingerprint density at radius 2 is 1.62 bits per heavy atom. The molecule has 29 heavy (non-hydrogen) atoms. The first-order chi connectivity index (χ1) is 13.7. The van der Waals surface area contributed by atoms with Gasteiger partial charge in [0.1, 0.15) is 0 Å². The van der Waals surface area contributed by atoms with Crippen LogP contribution in [0.3, 0.4) is 0 Å². The molecule has 0 saturated heterocycles. The van der Waals surface area contributed by atoms with E-state index in [2.05, 4.69) is 10.0 Å². The van der Waals surface area contributed by atoms with Gasteiger partial charge in [-0.1, -0.05) is 18.2 Å². The smallest absolute Gasteiger partial charge is 0.270 e. The molecule has 0 fully saturated rings. The molecule has 0 aromatic heterocycles. The molecule has 1 amide bonds. The molecule has 9 heteroatoms. The van der Waals surface area contributed by atoms with E-state index in [4.69, 9.17) is 0 Å². The van der Waals surface area contributed by atoms with E-state index < -0.39 is 14.9 Å². The highest BCUT2D eigenvalue weighted by Gasteiger charge is 2.18. The number of nitrogens with one attached hydrogen (secondary N) is 2. The number of hydrogen-bond acceptors (Lipinski definition) is 5. The lowest BCUT2D eigenvalue weighted by atomic mass is 10.2. The molecule has 8 nitrogen and oxygen atoms in total. The number of nitrogens with zero attached hydrogens (tertiary/aromatic N) is 1. The van der Waals surface area contributed by atoms with Gasteiger partial charge in [-0.15, -0.1) is 0 Å². The van der Waals surface area contributed by atoms with Crippen LogP contribution >= 0.6 is 0 Å². The van der Waals surface area contributed by atoms with Gasteiger partial charge in [0.05, 0.1) is 9.82 Å². The summed E-state index contributed by atoms with van der Waals surface area (Å²) in [5, 5.41) is 13.6. The van der Waals surface area contributed by atoms with Crippen LogP contribution in [0.15, 0.2) is 77.7 Å². The molecule has 0 radical (unpaired) electrons. The summed E-state index contributed by atoms with van der Waals surface area (Å²) >= 11 is 0. The van der Waals surface area contributed by atoms with Gasteiger partial charge in [0.15, 0.2) is 0 Å². The molecule has 0 heterocycles. The normalized spacial score (nSPS) is 10.9. The summed E-state index contributed by atoms with van der Waals surface area (Å²) in [4.78, 5) is 22.3. The third-order valence-corrected chi connectivity index (χ3v) is 5.39. The Hall–Kier alpha value is -3.72. The van der Waals surface area contributed by atoms with Crippen molar-refractivity contribution in [1.82, 2.24) is 0 Å². The summed E-state index contributed by atoms with van der Waals surface area (Å²) in [7, 11) is -4.01. The average Bonchev–Trinajstić information content (AvgIpc) is 2.68. The third kappa shape index (κ3) is 4.96. The Bertz CT molecular complexity index is 1170. The molecule has 2 N–H and O–H groups in total. The highest BCUT2D eigenvalue weighted by Crippen LogP contribution is 2.21. The number of aryl methyl sites for hydroxylation is 1. The summed E-state index contributed by atoms with van der Waals surface area (Å²) in [6.07, 6.45) is 0. The molecule has 0 aliphatic rings. The molecule has 0 atom stereocenters. The van der Waals surface area contributed by atoms with Crippen molar-refractivity contribution >= 4 is 33.0 Å². The highest BCUT2D eigenvalue weighted by atomic mass is 32.2. The van der Waals surface area contributed by atoms with Gasteiger partial charge < -0.3 is 5.32 Å². The van der Waals surface area contributed by atoms with Crippen molar-refractivity contribution in [3.05, 3.63) is 94.0 Å². The lowest BCUT2D eigenvalue weighted by Crippen LogP contribution is -2.14. The molecular formula is C20H17N3O5S. The van der Waals surface area contributed by atoms with E-state index >= 15 is 0 Å². The van der Waals surface area contributed by atoms with Crippen LogP contribution in [0.2, 0.25) is 0 Å². The molecule has 0 aliphatic heterocycles. The fourth-order valence-electron chi connectivity index (χ4n) is 2.59. The number of nitro groups is 1. The van der Waals surface area contributed by atoms with Crippen LogP contribution in [0.1, 0.15) is 15.9 Å². The van der Waals surface area contributed by atoms with E-state index in [-0.39, 0.29) is 22.2 Å². The van der Waals surface area contributed by atoms with Crippen LogP contribution in [0, 0.1) is 17.0 Å². The van der Waals surface area contributed by atoms with E-state index in [0.717, 1.165) is 11.6 Å². The van der Waals surface area contributed by atoms with Crippen LogP contribution in [0.5, 0.6) is 0 Å². The maximum Gasteiger partial charge on any atom is 0.270 e. The van der Waals surface area contributed by atoms with Gasteiger partial charge in [-0.05, 0) is 55.0 Å². The Labute approximate surface area is 167 Å². The van der Waals surface area contributed by atoms with Crippen molar-refractivity contribution in [3.63, 3.8) is 0 Å². The molecule has 0 spiro atoms. The second kappa shape index (κ2) is 8.11. The van der Waals surface area contributed by atoms with Crippen LogP contribution in [0.25, 0.3) is 0 Å². The van der Waals surface area contributed by atoms with Gasteiger partial charge >= 0.3 is 0 Å². The van der Waals surface area contributed by atoms with E-state index in [0.29, 0.717) is 11.3 Å². The molecule has 3 aromatic rings. The largest absolute Gasteiger partial charge is 0.322 e. The van der Waals surface area contributed by atoms with Gasteiger partial charge in [0.2, 0.25) is 0 Å². The number of nitro benzene ring substituents is 1. The quantitative estimate of drug-likeness (QED) is 0.470. The number of hydrogen-bond donors (Lipinski definition) is 2. The van der Waals surface area contributed by atoms with Crippen molar-refractivity contribution < 1.29 is 18.1 Å². The van der Waals surface area contributed by atoms with E-state index in [9.17, 15) is 23.3 Å². The zero-order valence-electron chi connectivity index (χ0n) is 15.3. The summed E-state index contributed by atoms with van der Waals surface area (Å²) in [5.41, 5.74) is 1.92. The first-order valence-corrected chi connectivity index (χ1v) is 9.98. The SMILES string of the molecule is Cc1cccc(NC(=O)c2ccc(NS(=O)(=O)c3cccc([N+](=O)[O-])c3)cc2)c1. The minimum Gasteiger partial charge on any atom is -0.322 e. The Morgan fingerprint density at radius 1 is 0.931 bits per heavy atom. The number of sulfonamides is 1. The molecule has 0 unspecified atom stereocenters. The molecule has 0 aliphatic carbocycles. The summed E-state index contributed by atoms with van der Waals surface area (Å²) in [6, 6.07) is 17.9. The van der Waals surface area contributed by atoms with Gasteiger partial charge in [-0.2, -0.15) is 0 Å². The van der Waals surface area contributed by atoms with Crippen LogP contribution in [-0.2, 0) is 10.0 Å². The standard InChI is InChI=1S/C20H17N3O5S/c1-14-4-2-5-17(12-14)21-20(24)15-8-10-16(11-9-15)22-29(27,28)19-7-3-6-18(13-19)23(25)26/h2-13,22H,1H3,(H,21,24). The number of carbonyl (C=O) groups is 1. The van der Waals surface area contributed by atoms with Crippen molar-refractivity contribution in [2.24, 2.45) is 0 Å². The van der Waals surface area contributed by atoms with E-state index in [1.807, 2.05) is 25.1 Å². The molecule has 3 aromatic carbocycles. The van der Waals surface area contributed by atoms with Gasteiger partial charge in [0.25, 0.3) is 21.6 Å². The number of amides is 1. The maximum atomic E-state index is 12.5. The average molecular weight is 411 g/mol. The number of anilines is 2. The summed E-state index contributed by atoms with van der Waals surface area (Å²) in [6.45, 7) is 1.91. The first-order valence-electron chi connectivity index (χ1n) is 8.50. The maximum absolute atomic E-state index is 12.5. The molecule has 3 rings (SSSR count). The fraction of sp³-hybridized carbons (Fsp3) is 0.0500. The fourth-order valence-corrected chi connectivity index (χ4v) is 3.69. The minimum atomic E-state index is -4.01. The van der Waals surface area contributed by atoms with Crippen LogP contribution in [-0.4, -0.2) is 19.2 Å². The zero-order chi connectivity index (χ0) is 21.0.